The van der Waals surface area contributed by atoms with Crippen LogP contribution in [0.1, 0.15) is 28.4 Å². The molecule has 3 aromatic rings. The van der Waals surface area contributed by atoms with Crippen LogP contribution >= 0.6 is 11.3 Å². The maximum Gasteiger partial charge on any atom is 0.319 e. The van der Waals surface area contributed by atoms with Gasteiger partial charge in [0, 0.05) is 18.0 Å². The van der Waals surface area contributed by atoms with Crippen molar-refractivity contribution in [1.29, 1.82) is 0 Å². The van der Waals surface area contributed by atoms with Crippen LogP contribution in [0.25, 0.3) is 0 Å². The fraction of sp³-hybridized carbons (Fsp3) is 0.300. The van der Waals surface area contributed by atoms with Gasteiger partial charge in [-0.3, -0.25) is 9.78 Å². The third-order valence-electron chi connectivity index (χ3n) is 4.31. The van der Waals surface area contributed by atoms with Gasteiger partial charge in [0.1, 0.15) is 0 Å². The van der Waals surface area contributed by atoms with Gasteiger partial charge in [0.15, 0.2) is 0 Å². The Balaban J connectivity index is 1.79. The highest BCUT2D eigenvalue weighted by Crippen LogP contribution is 2.23. The van der Waals surface area contributed by atoms with Crippen molar-refractivity contribution < 1.29 is 14.3 Å². The lowest BCUT2D eigenvalue weighted by Gasteiger charge is -2.19. The quantitative estimate of drug-likeness (QED) is 0.628. The molecule has 8 heteroatoms. The van der Waals surface area contributed by atoms with Gasteiger partial charge in [-0.2, -0.15) is 16.3 Å². The molecule has 3 aromatic heterocycles. The molecule has 0 spiro atoms. The summed E-state index contributed by atoms with van der Waals surface area (Å²) >= 11 is 1.64. The summed E-state index contributed by atoms with van der Waals surface area (Å²) in [5.74, 6) is 0.203. The highest BCUT2D eigenvalue weighted by Gasteiger charge is 2.20. The number of pyridine rings is 1. The minimum atomic E-state index is -0.179. The van der Waals surface area contributed by atoms with Gasteiger partial charge in [0.25, 0.3) is 0 Å². The van der Waals surface area contributed by atoms with Gasteiger partial charge < -0.3 is 14.8 Å². The van der Waals surface area contributed by atoms with Gasteiger partial charge in [-0.25, -0.2) is 4.98 Å². The number of ether oxygens (including phenoxy) is 2. The van der Waals surface area contributed by atoms with Crippen molar-refractivity contribution in [2.24, 2.45) is 0 Å². The number of nitrogens with one attached hydrogen (secondary N) is 1. The van der Waals surface area contributed by atoms with Crippen molar-refractivity contribution in [2.75, 3.05) is 14.2 Å². The van der Waals surface area contributed by atoms with Crippen LogP contribution in [0.15, 0.2) is 41.4 Å². The number of nitrogens with zero attached hydrogens (tertiary/aromatic N) is 3. The van der Waals surface area contributed by atoms with Gasteiger partial charge >= 0.3 is 6.01 Å². The molecular weight excluding hydrogens is 376 g/mol. The fourth-order valence-corrected chi connectivity index (χ4v) is 3.57. The Morgan fingerprint density at radius 3 is 2.75 bits per heavy atom. The summed E-state index contributed by atoms with van der Waals surface area (Å²) in [5, 5.41) is 7.22. The average Bonchev–Trinajstić information content (AvgIpc) is 3.22. The Morgan fingerprint density at radius 2 is 2.11 bits per heavy atom. The molecule has 0 radical (unpaired) electrons. The molecule has 3 heterocycles. The summed E-state index contributed by atoms with van der Waals surface area (Å²) in [7, 11) is 3.00. The smallest absolute Gasteiger partial charge is 0.319 e. The summed E-state index contributed by atoms with van der Waals surface area (Å²) in [6.07, 6.45) is 4.30. The molecule has 1 amide bonds. The second kappa shape index (κ2) is 9.27. The number of hydrogen-bond donors (Lipinski definition) is 1. The molecular formula is C20H22N4O3S. The van der Waals surface area contributed by atoms with E-state index in [-0.39, 0.29) is 24.4 Å². The lowest BCUT2D eigenvalue weighted by molar-refractivity contribution is -0.121. The summed E-state index contributed by atoms with van der Waals surface area (Å²) < 4.78 is 10.4. The van der Waals surface area contributed by atoms with Crippen molar-refractivity contribution in [1.82, 2.24) is 20.3 Å². The number of carbonyl (C=O) groups excluding carboxylic acids is 1. The van der Waals surface area contributed by atoms with Crippen LogP contribution in [0.2, 0.25) is 0 Å². The summed E-state index contributed by atoms with van der Waals surface area (Å²) in [4.78, 5) is 25.4. The third-order valence-corrected chi connectivity index (χ3v) is 5.04. The van der Waals surface area contributed by atoms with E-state index >= 15 is 0 Å². The van der Waals surface area contributed by atoms with Crippen molar-refractivity contribution in [3.63, 3.8) is 0 Å². The van der Waals surface area contributed by atoms with Gasteiger partial charge in [-0.15, -0.1) is 0 Å². The van der Waals surface area contributed by atoms with Crippen LogP contribution < -0.4 is 14.8 Å². The molecule has 0 unspecified atom stereocenters. The molecule has 7 nitrogen and oxygen atoms in total. The molecule has 3 rings (SSSR count). The molecule has 0 saturated carbocycles. The number of rotatable bonds is 8. The minimum absolute atomic E-state index is 0.111. The number of aryl methyl sites for hydroxylation is 1. The van der Waals surface area contributed by atoms with Crippen LogP contribution in [0.3, 0.4) is 0 Å². The second-order valence-corrected chi connectivity index (χ2v) is 6.98. The zero-order valence-electron chi connectivity index (χ0n) is 16.0. The first-order valence-corrected chi connectivity index (χ1v) is 9.70. The Morgan fingerprint density at radius 1 is 1.25 bits per heavy atom. The molecule has 0 aromatic carbocycles. The first-order valence-electron chi connectivity index (χ1n) is 8.76. The van der Waals surface area contributed by atoms with E-state index in [2.05, 4.69) is 31.7 Å². The second-order valence-electron chi connectivity index (χ2n) is 6.20. The topological polar surface area (TPSA) is 86.2 Å². The van der Waals surface area contributed by atoms with E-state index in [4.69, 9.17) is 9.47 Å². The monoisotopic (exact) mass is 398 g/mol. The van der Waals surface area contributed by atoms with Crippen molar-refractivity contribution in [2.45, 2.75) is 25.8 Å². The molecule has 1 atom stereocenters. The Bertz CT molecular complexity index is 917. The van der Waals surface area contributed by atoms with E-state index in [0.717, 1.165) is 5.56 Å². The van der Waals surface area contributed by atoms with Gasteiger partial charge in [-0.05, 0) is 47.4 Å². The van der Waals surface area contributed by atoms with Gasteiger partial charge in [0.05, 0.1) is 32.4 Å². The number of methoxy groups -OCH3 is 2. The van der Waals surface area contributed by atoms with Crippen LogP contribution in [0.4, 0.5) is 0 Å². The number of aromatic nitrogens is 3. The Labute approximate surface area is 167 Å². The Hall–Kier alpha value is -3.00. The molecule has 0 saturated heterocycles. The zero-order valence-corrected chi connectivity index (χ0v) is 16.8. The Kier molecular flexibility index (Phi) is 6.54. The molecule has 0 fully saturated rings. The molecule has 0 aliphatic rings. The number of thiophene rings is 1. The van der Waals surface area contributed by atoms with Crippen molar-refractivity contribution >= 4 is 17.2 Å². The predicted molar refractivity (Wildman–Crippen MR) is 107 cm³/mol. The molecule has 0 aliphatic heterocycles. The van der Waals surface area contributed by atoms with Gasteiger partial charge in [0.2, 0.25) is 11.8 Å². The highest BCUT2D eigenvalue weighted by molar-refractivity contribution is 7.07. The van der Waals surface area contributed by atoms with E-state index in [0.29, 0.717) is 23.6 Å². The average molecular weight is 398 g/mol. The maximum absolute atomic E-state index is 12.8. The van der Waals surface area contributed by atoms with Crippen molar-refractivity contribution in [3.05, 3.63) is 63.7 Å². The molecule has 146 valence electrons. The lowest BCUT2D eigenvalue weighted by atomic mass is 10.0. The highest BCUT2D eigenvalue weighted by atomic mass is 32.1. The number of carbonyl (C=O) groups is 1. The zero-order chi connectivity index (χ0) is 19.9. The standard InChI is InChI=1S/C20H22N4O3S/c1-13-16(19(26-2)24-20(22-13)27-3)10-18(25)23-17(9-14-6-8-28-12-14)15-5-4-7-21-11-15/h4-8,11-12,17H,9-10H2,1-3H3,(H,23,25)/t17-/m1/s1. The fourth-order valence-electron chi connectivity index (χ4n) is 2.89. The SMILES string of the molecule is COc1nc(C)c(CC(=O)N[C@H](Cc2ccsc2)c2cccnc2)c(OC)n1. The molecule has 28 heavy (non-hydrogen) atoms. The third kappa shape index (κ3) is 4.83. The summed E-state index contributed by atoms with van der Waals surface area (Å²) in [6, 6.07) is 5.93. The summed E-state index contributed by atoms with van der Waals surface area (Å²) in [6.45, 7) is 1.80. The van der Waals surface area contributed by atoms with E-state index < -0.39 is 0 Å². The molecule has 0 aliphatic carbocycles. The number of hydrogen-bond acceptors (Lipinski definition) is 7. The number of amides is 1. The first kappa shape index (κ1) is 19.8. The predicted octanol–water partition coefficient (Wildman–Crippen LogP) is 2.90. The normalized spacial score (nSPS) is 11.7. The van der Waals surface area contributed by atoms with E-state index in [1.807, 2.05) is 17.5 Å². The summed E-state index contributed by atoms with van der Waals surface area (Å²) in [5.41, 5.74) is 3.41. The first-order chi connectivity index (χ1) is 13.6. The van der Waals surface area contributed by atoms with Crippen LogP contribution in [-0.2, 0) is 17.6 Å². The molecule has 1 N–H and O–H groups in total. The van der Waals surface area contributed by atoms with E-state index in [9.17, 15) is 4.79 Å². The van der Waals surface area contributed by atoms with Crippen LogP contribution in [0, 0.1) is 6.92 Å². The van der Waals surface area contributed by atoms with E-state index in [1.165, 1.54) is 19.8 Å². The van der Waals surface area contributed by atoms with Crippen LogP contribution in [-0.4, -0.2) is 35.1 Å². The largest absolute Gasteiger partial charge is 0.481 e. The molecule has 0 bridgehead atoms. The minimum Gasteiger partial charge on any atom is -0.481 e. The van der Waals surface area contributed by atoms with Gasteiger partial charge in [-0.1, -0.05) is 6.07 Å². The van der Waals surface area contributed by atoms with Crippen LogP contribution in [0.5, 0.6) is 11.9 Å². The van der Waals surface area contributed by atoms with Crippen molar-refractivity contribution in [3.8, 4) is 11.9 Å². The van der Waals surface area contributed by atoms with E-state index in [1.54, 1.807) is 30.7 Å². The maximum atomic E-state index is 12.8. The lowest BCUT2D eigenvalue weighted by Crippen LogP contribution is -2.31.